The summed E-state index contributed by atoms with van der Waals surface area (Å²) < 4.78 is 0. The molecule has 0 saturated carbocycles. The Labute approximate surface area is 98.1 Å². The zero-order valence-electron chi connectivity index (χ0n) is 10.4. The average Bonchev–Trinajstić information content (AvgIpc) is 2.29. The van der Waals surface area contributed by atoms with Gasteiger partial charge in [0.1, 0.15) is 0 Å². The number of nitrogens with one attached hydrogen (secondary N) is 1. The molecule has 16 heavy (non-hydrogen) atoms. The highest BCUT2D eigenvalue weighted by Crippen LogP contribution is 2.09. The van der Waals surface area contributed by atoms with Crippen molar-refractivity contribution < 1.29 is 4.79 Å². The van der Waals surface area contributed by atoms with Crippen LogP contribution in [0.25, 0.3) is 0 Å². The average molecular weight is 219 g/mol. The van der Waals surface area contributed by atoms with Crippen molar-refractivity contribution in [3.63, 3.8) is 0 Å². The van der Waals surface area contributed by atoms with Gasteiger partial charge in [0.15, 0.2) is 5.78 Å². The first-order valence-corrected chi connectivity index (χ1v) is 6.03. The van der Waals surface area contributed by atoms with Crippen molar-refractivity contribution >= 4 is 5.78 Å². The molecule has 0 fully saturated rings. The fraction of sp³-hybridized carbons (Fsp3) is 0.500. The van der Waals surface area contributed by atoms with E-state index in [1.165, 1.54) is 5.56 Å². The molecular weight excluding hydrogens is 198 g/mol. The molecule has 1 atom stereocenters. The maximum Gasteiger partial charge on any atom is 0.179 e. The highest BCUT2D eigenvalue weighted by atomic mass is 16.1. The SMILES string of the molecule is CCC[C@H](NCC)C(=O)c1ccc(C)cc1. The van der Waals surface area contributed by atoms with Gasteiger partial charge in [-0.25, -0.2) is 0 Å². The van der Waals surface area contributed by atoms with Crippen LogP contribution >= 0.6 is 0 Å². The fourth-order valence-corrected chi connectivity index (χ4v) is 1.78. The summed E-state index contributed by atoms with van der Waals surface area (Å²) >= 11 is 0. The van der Waals surface area contributed by atoms with Gasteiger partial charge < -0.3 is 5.32 Å². The van der Waals surface area contributed by atoms with Gasteiger partial charge in [-0.05, 0) is 19.9 Å². The lowest BCUT2D eigenvalue weighted by Crippen LogP contribution is -2.36. The van der Waals surface area contributed by atoms with E-state index in [0.29, 0.717) is 0 Å². The fourth-order valence-electron chi connectivity index (χ4n) is 1.78. The number of Topliss-reactive ketones (excluding diaryl/α,β-unsaturated/α-hetero) is 1. The van der Waals surface area contributed by atoms with Crippen LogP contribution < -0.4 is 5.32 Å². The summed E-state index contributed by atoms with van der Waals surface area (Å²) in [5, 5.41) is 3.25. The molecule has 1 N–H and O–H groups in total. The maximum atomic E-state index is 12.2. The second-order valence-corrected chi connectivity index (χ2v) is 4.13. The molecule has 2 nitrogen and oxygen atoms in total. The number of hydrogen-bond donors (Lipinski definition) is 1. The smallest absolute Gasteiger partial charge is 0.179 e. The van der Waals surface area contributed by atoms with E-state index in [4.69, 9.17) is 0 Å². The molecule has 0 bridgehead atoms. The Morgan fingerprint density at radius 1 is 1.25 bits per heavy atom. The topological polar surface area (TPSA) is 29.1 Å². The Hall–Kier alpha value is -1.15. The van der Waals surface area contributed by atoms with E-state index >= 15 is 0 Å². The van der Waals surface area contributed by atoms with Gasteiger partial charge in [-0.3, -0.25) is 4.79 Å². The number of carbonyl (C=O) groups is 1. The number of benzene rings is 1. The Morgan fingerprint density at radius 2 is 1.88 bits per heavy atom. The number of aryl methyl sites for hydroxylation is 1. The highest BCUT2D eigenvalue weighted by Gasteiger charge is 2.17. The predicted molar refractivity (Wildman–Crippen MR) is 67.9 cm³/mol. The van der Waals surface area contributed by atoms with Gasteiger partial charge in [-0.2, -0.15) is 0 Å². The molecule has 1 aromatic carbocycles. The van der Waals surface area contributed by atoms with E-state index in [2.05, 4.69) is 12.2 Å². The summed E-state index contributed by atoms with van der Waals surface area (Å²) in [6.45, 7) is 7.00. The first kappa shape index (κ1) is 12.9. The second kappa shape index (κ2) is 6.44. The van der Waals surface area contributed by atoms with Crippen LogP contribution in [0.2, 0.25) is 0 Å². The quantitative estimate of drug-likeness (QED) is 0.745. The third-order valence-corrected chi connectivity index (χ3v) is 2.68. The van der Waals surface area contributed by atoms with Crippen molar-refractivity contribution in [3.8, 4) is 0 Å². The number of hydrogen-bond acceptors (Lipinski definition) is 2. The van der Waals surface area contributed by atoms with Crippen molar-refractivity contribution in [1.29, 1.82) is 0 Å². The first-order chi connectivity index (χ1) is 7.69. The van der Waals surface area contributed by atoms with Crippen LogP contribution in [0.1, 0.15) is 42.6 Å². The van der Waals surface area contributed by atoms with Crippen LogP contribution in [0.15, 0.2) is 24.3 Å². The van der Waals surface area contributed by atoms with Crippen LogP contribution in [0.4, 0.5) is 0 Å². The van der Waals surface area contributed by atoms with Gasteiger partial charge >= 0.3 is 0 Å². The molecule has 0 amide bonds. The van der Waals surface area contributed by atoms with Crippen molar-refractivity contribution in [3.05, 3.63) is 35.4 Å². The normalized spacial score (nSPS) is 12.4. The molecule has 0 heterocycles. The minimum atomic E-state index is -0.0299. The molecule has 0 aromatic heterocycles. The van der Waals surface area contributed by atoms with Crippen molar-refractivity contribution in [2.24, 2.45) is 0 Å². The second-order valence-electron chi connectivity index (χ2n) is 4.13. The summed E-state index contributed by atoms with van der Waals surface area (Å²) in [5.74, 6) is 0.212. The number of likely N-dealkylation sites (N-methyl/N-ethyl adjacent to an activating group) is 1. The van der Waals surface area contributed by atoms with Crippen LogP contribution in [-0.2, 0) is 0 Å². The van der Waals surface area contributed by atoms with E-state index in [1.54, 1.807) is 0 Å². The lowest BCUT2D eigenvalue weighted by atomic mass is 9.99. The van der Waals surface area contributed by atoms with Crippen molar-refractivity contribution in [2.45, 2.75) is 39.7 Å². The van der Waals surface area contributed by atoms with Gasteiger partial charge in [-0.1, -0.05) is 50.1 Å². The zero-order chi connectivity index (χ0) is 12.0. The molecule has 0 aliphatic rings. The highest BCUT2D eigenvalue weighted by molar-refractivity contribution is 6.00. The van der Waals surface area contributed by atoms with Crippen LogP contribution in [0, 0.1) is 6.92 Å². The largest absolute Gasteiger partial charge is 0.307 e. The minimum Gasteiger partial charge on any atom is -0.307 e. The summed E-state index contributed by atoms with van der Waals surface area (Å²) in [4.78, 5) is 12.2. The van der Waals surface area contributed by atoms with Gasteiger partial charge in [0.05, 0.1) is 6.04 Å². The van der Waals surface area contributed by atoms with E-state index < -0.39 is 0 Å². The first-order valence-electron chi connectivity index (χ1n) is 6.03. The predicted octanol–water partition coefficient (Wildman–Crippen LogP) is 2.96. The standard InChI is InChI=1S/C14H21NO/c1-4-6-13(15-5-2)14(16)12-9-7-11(3)8-10-12/h7-10,13,15H,4-6H2,1-3H3/t13-/m0/s1. The molecule has 0 aliphatic carbocycles. The van der Waals surface area contributed by atoms with Gasteiger partial charge in [0.25, 0.3) is 0 Å². The molecule has 88 valence electrons. The lowest BCUT2D eigenvalue weighted by Gasteiger charge is -2.15. The van der Waals surface area contributed by atoms with Crippen LogP contribution in [0.5, 0.6) is 0 Å². The van der Waals surface area contributed by atoms with Gasteiger partial charge in [0, 0.05) is 5.56 Å². The Balaban J connectivity index is 2.77. The number of ketones is 1. The van der Waals surface area contributed by atoms with E-state index in [0.717, 1.165) is 24.9 Å². The Morgan fingerprint density at radius 3 is 2.38 bits per heavy atom. The third kappa shape index (κ3) is 3.46. The van der Waals surface area contributed by atoms with Crippen molar-refractivity contribution in [2.75, 3.05) is 6.54 Å². The zero-order valence-corrected chi connectivity index (χ0v) is 10.4. The van der Waals surface area contributed by atoms with E-state index in [-0.39, 0.29) is 11.8 Å². The molecule has 0 unspecified atom stereocenters. The Bertz CT molecular complexity index is 323. The summed E-state index contributed by atoms with van der Waals surface area (Å²) in [5.41, 5.74) is 2.00. The number of rotatable bonds is 6. The molecule has 0 saturated heterocycles. The molecule has 0 spiro atoms. The molecule has 0 radical (unpaired) electrons. The van der Waals surface area contributed by atoms with Crippen LogP contribution in [0.3, 0.4) is 0 Å². The molecule has 0 aliphatic heterocycles. The molecule has 2 heteroatoms. The summed E-state index contributed by atoms with van der Waals surface area (Å²) in [6.07, 6.45) is 1.93. The third-order valence-electron chi connectivity index (χ3n) is 2.68. The van der Waals surface area contributed by atoms with E-state index in [1.807, 2.05) is 38.1 Å². The molecule has 1 rings (SSSR count). The van der Waals surface area contributed by atoms with Gasteiger partial charge in [-0.15, -0.1) is 0 Å². The maximum absolute atomic E-state index is 12.2. The molecule has 1 aromatic rings. The number of carbonyl (C=O) groups excluding carboxylic acids is 1. The van der Waals surface area contributed by atoms with Crippen LogP contribution in [-0.4, -0.2) is 18.4 Å². The summed E-state index contributed by atoms with van der Waals surface area (Å²) in [7, 11) is 0. The minimum absolute atomic E-state index is 0.0299. The van der Waals surface area contributed by atoms with E-state index in [9.17, 15) is 4.79 Å². The monoisotopic (exact) mass is 219 g/mol. The molecular formula is C14H21NO. The summed E-state index contributed by atoms with van der Waals surface area (Å²) in [6, 6.07) is 7.78. The Kier molecular flexibility index (Phi) is 5.20. The van der Waals surface area contributed by atoms with Gasteiger partial charge in [0.2, 0.25) is 0 Å². The lowest BCUT2D eigenvalue weighted by molar-refractivity contribution is 0.0938. The van der Waals surface area contributed by atoms with Crippen molar-refractivity contribution in [1.82, 2.24) is 5.32 Å².